The van der Waals surface area contributed by atoms with Crippen LogP contribution in [0.1, 0.15) is 24.0 Å². The first kappa shape index (κ1) is 14.4. The third-order valence-corrected chi connectivity index (χ3v) is 4.14. The summed E-state index contributed by atoms with van der Waals surface area (Å²) in [5.74, 6) is 0.504. The van der Waals surface area contributed by atoms with Crippen LogP contribution in [0.15, 0.2) is 18.2 Å². The molecule has 2 N–H and O–H groups in total. The van der Waals surface area contributed by atoms with E-state index in [1.54, 1.807) is 0 Å². The van der Waals surface area contributed by atoms with E-state index >= 15 is 0 Å². The highest BCUT2D eigenvalue weighted by atomic mass is 16.5. The maximum absolute atomic E-state index is 11.8. The maximum atomic E-state index is 11.8. The summed E-state index contributed by atoms with van der Waals surface area (Å²) in [5, 5.41) is 12.7. The van der Waals surface area contributed by atoms with Gasteiger partial charge in [-0.2, -0.15) is 0 Å². The second kappa shape index (κ2) is 6.03. The Labute approximate surface area is 124 Å². The zero-order chi connectivity index (χ0) is 14.7. The Morgan fingerprint density at radius 3 is 3.05 bits per heavy atom. The lowest BCUT2D eigenvalue weighted by molar-refractivity contribution is -0.124. The van der Waals surface area contributed by atoms with Gasteiger partial charge in [0.15, 0.2) is 6.61 Å². The SMILES string of the molecule is O=C(COc1ccc2c(c1)CCC2)NCC1(O)CCOC1. The van der Waals surface area contributed by atoms with Crippen LogP contribution in [0.5, 0.6) is 5.75 Å². The smallest absolute Gasteiger partial charge is 0.258 e. The Kier molecular flexibility index (Phi) is 4.12. The number of fused-ring (bicyclic) bond motifs is 1. The first-order valence-corrected chi connectivity index (χ1v) is 7.46. The van der Waals surface area contributed by atoms with Crippen molar-refractivity contribution in [1.29, 1.82) is 0 Å². The molecule has 1 aliphatic carbocycles. The van der Waals surface area contributed by atoms with Gasteiger partial charge in [-0.1, -0.05) is 6.07 Å². The Hall–Kier alpha value is -1.59. The lowest BCUT2D eigenvalue weighted by Gasteiger charge is -2.20. The van der Waals surface area contributed by atoms with Gasteiger partial charge < -0.3 is 19.9 Å². The lowest BCUT2D eigenvalue weighted by Crippen LogP contribution is -2.44. The highest BCUT2D eigenvalue weighted by Crippen LogP contribution is 2.25. The molecule has 1 fully saturated rings. The maximum Gasteiger partial charge on any atom is 0.258 e. The van der Waals surface area contributed by atoms with Gasteiger partial charge in [-0.15, -0.1) is 0 Å². The molecule has 0 aromatic heterocycles. The third-order valence-electron chi connectivity index (χ3n) is 4.14. The van der Waals surface area contributed by atoms with Crippen molar-refractivity contribution >= 4 is 5.91 Å². The number of amides is 1. The van der Waals surface area contributed by atoms with Crippen molar-refractivity contribution in [3.05, 3.63) is 29.3 Å². The van der Waals surface area contributed by atoms with E-state index < -0.39 is 5.60 Å². The zero-order valence-electron chi connectivity index (χ0n) is 12.1. The quantitative estimate of drug-likeness (QED) is 0.843. The predicted octanol–water partition coefficient (Wildman–Crippen LogP) is 0.822. The van der Waals surface area contributed by atoms with Crippen LogP contribution in [0.25, 0.3) is 0 Å². The van der Waals surface area contributed by atoms with Gasteiger partial charge in [0, 0.05) is 19.6 Å². The molecule has 1 saturated heterocycles. The van der Waals surface area contributed by atoms with Crippen molar-refractivity contribution in [2.45, 2.75) is 31.3 Å². The summed E-state index contributed by atoms with van der Waals surface area (Å²) >= 11 is 0. The van der Waals surface area contributed by atoms with Gasteiger partial charge in [-0.05, 0) is 42.5 Å². The topological polar surface area (TPSA) is 67.8 Å². The van der Waals surface area contributed by atoms with Crippen molar-refractivity contribution in [2.75, 3.05) is 26.4 Å². The second-order valence-electron chi connectivity index (χ2n) is 5.88. The van der Waals surface area contributed by atoms with E-state index in [1.807, 2.05) is 12.1 Å². The van der Waals surface area contributed by atoms with E-state index in [9.17, 15) is 9.90 Å². The van der Waals surface area contributed by atoms with Crippen LogP contribution in [0.4, 0.5) is 0 Å². The monoisotopic (exact) mass is 291 g/mol. The average molecular weight is 291 g/mol. The van der Waals surface area contributed by atoms with E-state index in [0.29, 0.717) is 13.0 Å². The molecule has 114 valence electrons. The number of hydrogen-bond donors (Lipinski definition) is 2. The molecule has 1 aromatic carbocycles. The molecule has 1 amide bonds. The van der Waals surface area contributed by atoms with E-state index in [4.69, 9.17) is 9.47 Å². The zero-order valence-corrected chi connectivity index (χ0v) is 12.1. The summed E-state index contributed by atoms with van der Waals surface area (Å²) in [5.41, 5.74) is 1.78. The minimum Gasteiger partial charge on any atom is -0.484 e. The van der Waals surface area contributed by atoms with Crippen LogP contribution in [-0.2, 0) is 22.4 Å². The number of carbonyl (C=O) groups is 1. The normalized spacial score (nSPS) is 23.9. The molecule has 1 heterocycles. The highest BCUT2D eigenvalue weighted by molar-refractivity contribution is 5.77. The van der Waals surface area contributed by atoms with Gasteiger partial charge in [0.25, 0.3) is 5.91 Å². The number of hydrogen-bond acceptors (Lipinski definition) is 4. The third kappa shape index (κ3) is 3.54. The summed E-state index contributed by atoms with van der Waals surface area (Å²) in [7, 11) is 0. The first-order chi connectivity index (χ1) is 10.1. The van der Waals surface area contributed by atoms with Crippen LogP contribution in [-0.4, -0.2) is 43.0 Å². The van der Waals surface area contributed by atoms with Crippen LogP contribution < -0.4 is 10.1 Å². The number of ether oxygens (including phenoxy) is 2. The molecule has 1 aliphatic heterocycles. The Bertz CT molecular complexity index is 523. The van der Waals surface area contributed by atoms with Crippen molar-refractivity contribution in [1.82, 2.24) is 5.32 Å². The Morgan fingerprint density at radius 1 is 1.38 bits per heavy atom. The van der Waals surface area contributed by atoms with E-state index in [2.05, 4.69) is 11.4 Å². The van der Waals surface area contributed by atoms with Crippen LogP contribution in [0.2, 0.25) is 0 Å². The van der Waals surface area contributed by atoms with Gasteiger partial charge in [0.1, 0.15) is 11.4 Å². The molecule has 0 radical (unpaired) electrons. The van der Waals surface area contributed by atoms with E-state index in [0.717, 1.165) is 18.6 Å². The average Bonchev–Trinajstić information content (AvgIpc) is 3.11. The fourth-order valence-electron chi connectivity index (χ4n) is 2.84. The predicted molar refractivity (Wildman–Crippen MR) is 77.4 cm³/mol. The minimum absolute atomic E-state index is 0.0320. The summed E-state index contributed by atoms with van der Waals surface area (Å²) < 4.78 is 10.6. The Morgan fingerprint density at radius 2 is 2.24 bits per heavy atom. The molecule has 1 aromatic rings. The molecule has 1 unspecified atom stereocenters. The minimum atomic E-state index is -0.927. The van der Waals surface area contributed by atoms with Crippen molar-refractivity contribution in [3.63, 3.8) is 0 Å². The summed E-state index contributed by atoms with van der Waals surface area (Å²) in [6.45, 7) is 0.992. The number of carbonyl (C=O) groups excluding carboxylic acids is 1. The molecule has 3 rings (SSSR count). The highest BCUT2D eigenvalue weighted by Gasteiger charge is 2.32. The molecular formula is C16H21NO4. The van der Waals surface area contributed by atoms with Crippen molar-refractivity contribution < 1.29 is 19.4 Å². The molecule has 0 saturated carbocycles. The number of benzene rings is 1. The standard InChI is InChI=1S/C16H21NO4/c18-15(17-10-16(19)6-7-20-11-16)9-21-14-5-4-12-2-1-3-13(12)8-14/h4-5,8,19H,1-3,6-7,9-11H2,(H,17,18). The number of nitrogens with one attached hydrogen (secondary N) is 1. The van der Waals surface area contributed by atoms with Gasteiger partial charge in [0.05, 0.1) is 6.61 Å². The lowest BCUT2D eigenvalue weighted by atomic mass is 10.0. The van der Waals surface area contributed by atoms with Gasteiger partial charge in [0.2, 0.25) is 0 Å². The molecule has 5 nitrogen and oxygen atoms in total. The molecule has 2 aliphatic rings. The first-order valence-electron chi connectivity index (χ1n) is 7.46. The number of rotatable bonds is 5. The fraction of sp³-hybridized carbons (Fsp3) is 0.562. The molecule has 5 heteroatoms. The van der Waals surface area contributed by atoms with Crippen molar-refractivity contribution in [2.24, 2.45) is 0 Å². The summed E-state index contributed by atoms with van der Waals surface area (Å²) in [4.78, 5) is 11.8. The van der Waals surface area contributed by atoms with Gasteiger partial charge in [-0.25, -0.2) is 0 Å². The molecule has 0 bridgehead atoms. The van der Waals surface area contributed by atoms with Crippen LogP contribution in [0, 0.1) is 0 Å². The molecule has 1 atom stereocenters. The Balaban J connectivity index is 1.45. The molecular weight excluding hydrogens is 270 g/mol. The van der Waals surface area contributed by atoms with E-state index in [1.165, 1.54) is 17.5 Å². The van der Waals surface area contributed by atoms with Gasteiger partial charge in [-0.3, -0.25) is 4.79 Å². The summed E-state index contributed by atoms with van der Waals surface area (Å²) in [6, 6.07) is 6.01. The van der Waals surface area contributed by atoms with Crippen LogP contribution in [0.3, 0.4) is 0 Å². The van der Waals surface area contributed by atoms with Crippen LogP contribution >= 0.6 is 0 Å². The largest absolute Gasteiger partial charge is 0.484 e. The number of aryl methyl sites for hydroxylation is 2. The van der Waals surface area contributed by atoms with Gasteiger partial charge >= 0.3 is 0 Å². The van der Waals surface area contributed by atoms with Crippen molar-refractivity contribution in [3.8, 4) is 5.75 Å². The molecule has 21 heavy (non-hydrogen) atoms. The number of aliphatic hydroxyl groups is 1. The van der Waals surface area contributed by atoms with E-state index in [-0.39, 0.29) is 25.7 Å². The fourth-order valence-corrected chi connectivity index (χ4v) is 2.84. The molecule has 0 spiro atoms. The second-order valence-corrected chi connectivity index (χ2v) is 5.88. The summed E-state index contributed by atoms with van der Waals surface area (Å²) in [6.07, 6.45) is 3.97.